The maximum absolute atomic E-state index is 12.9. The van der Waals surface area contributed by atoms with E-state index in [0.29, 0.717) is 13.0 Å². The van der Waals surface area contributed by atoms with Crippen LogP contribution in [-0.4, -0.2) is 19.2 Å². The van der Waals surface area contributed by atoms with Crippen molar-refractivity contribution in [3.63, 3.8) is 0 Å². The molecule has 0 aromatic heterocycles. The number of rotatable bonds is 8. The van der Waals surface area contributed by atoms with Gasteiger partial charge in [-0.15, -0.1) is 0 Å². The van der Waals surface area contributed by atoms with Crippen molar-refractivity contribution >= 4 is 5.97 Å². The molecule has 1 aromatic rings. The minimum absolute atomic E-state index is 0.0331. The van der Waals surface area contributed by atoms with E-state index in [1.807, 2.05) is 13.8 Å². The first kappa shape index (κ1) is 18.3. The molecule has 22 heavy (non-hydrogen) atoms. The summed E-state index contributed by atoms with van der Waals surface area (Å²) in [5, 5.41) is 0. The lowest BCUT2D eigenvalue weighted by atomic mass is 10.1. The van der Waals surface area contributed by atoms with E-state index in [2.05, 4.69) is 0 Å². The van der Waals surface area contributed by atoms with E-state index < -0.39 is 17.7 Å². The lowest BCUT2D eigenvalue weighted by molar-refractivity contribution is -0.137. The van der Waals surface area contributed by atoms with Crippen LogP contribution in [0.25, 0.3) is 0 Å². The van der Waals surface area contributed by atoms with Crippen LogP contribution in [0.1, 0.15) is 55.5 Å². The first-order chi connectivity index (χ1) is 10.4. The van der Waals surface area contributed by atoms with Crippen LogP contribution in [0.15, 0.2) is 18.2 Å². The third kappa shape index (κ3) is 5.95. The molecule has 124 valence electrons. The highest BCUT2D eigenvalue weighted by molar-refractivity contribution is 5.90. The van der Waals surface area contributed by atoms with Crippen molar-refractivity contribution in [1.29, 1.82) is 0 Å². The summed E-state index contributed by atoms with van der Waals surface area (Å²) in [6.45, 7) is 4.38. The summed E-state index contributed by atoms with van der Waals surface area (Å²) < 4.78 is 48.9. The van der Waals surface area contributed by atoms with Crippen molar-refractivity contribution in [3.8, 4) is 5.75 Å². The summed E-state index contributed by atoms with van der Waals surface area (Å²) in [6, 6.07) is 2.98. The molecule has 0 saturated carbocycles. The molecular formula is C16H21F3O3. The number of alkyl halides is 3. The second-order valence-corrected chi connectivity index (χ2v) is 4.94. The van der Waals surface area contributed by atoms with Crippen LogP contribution >= 0.6 is 0 Å². The topological polar surface area (TPSA) is 35.5 Å². The van der Waals surface area contributed by atoms with Gasteiger partial charge in [-0.1, -0.05) is 26.7 Å². The van der Waals surface area contributed by atoms with Gasteiger partial charge in [-0.2, -0.15) is 13.2 Å². The van der Waals surface area contributed by atoms with E-state index in [0.717, 1.165) is 31.4 Å². The Morgan fingerprint density at radius 1 is 1.05 bits per heavy atom. The summed E-state index contributed by atoms with van der Waals surface area (Å²) in [6.07, 6.45) is -1.44. The molecule has 0 spiro atoms. The second kappa shape index (κ2) is 8.66. The molecule has 0 fully saturated rings. The van der Waals surface area contributed by atoms with Crippen molar-refractivity contribution in [3.05, 3.63) is 29.3 Å². The lowest BCUT2D eigenvalue weighted by Gasteiger charge is -2.13. The Kier molecular flexibility index (Phi) is 7.21. The maximum Gasteiger partial charge on any atom is 0.416 e. The summed E-state index contributed by atoms with van der Waals surface area (Å²) in [5.74, 6) is -0.731. The van der Waals surface area contributed by atoms with Gasteiger partial charge in [0.1, 0.15) is 5.75 Å². The SMILES string of the molecule is CCCCOC(=O)c1cc(OCCCC)cc(C(F)(F)F)c1. The monoisotopic (exact) mass is 318 g/mol. The summed E-state index contributed by atoms with van der Waals surface area (Å²) in [7, 11) is 0. The fourth-order valence-electron chi connectivity index (χ4n) is 1.69. The molecule has 0 bridgehead atoms. The van der Waals surface area contributed by atoms with Crippen molar-refractivity contribution < 1.29 is 27.4 Å². The van der Waals surface area contributed by atoms with Gasteiger partial charge < -0.3 is 9.47 Å². The van der Waals surface area contributed by atoms with Crippen LogP contribution in [0.5, 0.6) is 5.75 Å². The minimum Gasteiger partial charge on any atom is -0.494 e. The zero-order valence-electron chi connectivity index (χ0n) is 12.8. The Labute approximate surface area is 128 Å². The highest BCUT2D eigenvalue weighted by atomic mass is 19.4. The molecule has 0 aliphatic carbocycles. The number of hydrogen-bond acceptors (Lipinski definition) is 3. The molecule has 0 amide bonds. The Morgan fingerprint density at radius 3 is 2.27 bits per heavy atom. The quantitative estimate of drug-likeness (QED) is 0.508. The van der Waals surface area contributed by atoms with Gasteiger partial charge in [0.2, 0.25) is 0 Å². The number of hydrogen-bond donors (Lipinski definition) is 0. The summed E-state index contributed by atoms with van der Waals surface area (Å²) in [4.78, 5) is 11.8. The molecule has 0 unspecified atom stereocenters. The fraction of sp³-hybridized carbons (Fsp3) is 0.562. The highest BCUT2D eigenvalue weighted by Gasteiger charge is 2.32. The number of unbranched alkanes of at least 4 members (excludes halogenated alkanes) is 2. The summed E-state index contributed by atoms with van der Waals surface area (Å²) in [5.41, 5.74) is -1.05. The maximum atomic E-state index is 12.9. The number of ether oxygens (including phenoxy) is 2. The molecule has 0 atom stereocenters. The molecule has 0 aliphatic rings. The molecule has 0 saturated heterocycles. The zero-order valence-corrected chi connectivity index (χ0v) is 12.8. The minimum atomic E-state index is -4.54. The molecule has 1 aromatic carbocycles. The van der Waals surface area contributed by atoms with Crippen molar-refractivity contribution in [2.75, 3.05) is 13.2 Å². The average molecular weight is 318 g/mol. The predicted molar refractivity (Wildman–Crippen MR) is 77.0 cm³/mol. The number of benzene rings is 1. The largest absolute Gasteiger partial charge is 0.494 e. The van der Waals surface area contributed by atoms with Crippen molar-refractivity contribution in [1.82, 2.24) is 0 Å². The molecule has 0 N–H and O–H groups in total. The average Bonchev–Trinajstić information content (AvgIpc) is 2.46. The van der Waals surface area contributed by atoms with E-state index in [4.69, 9.17) is 9.47 Å². The predicted octanol–water partition coefficient (Wildman–Crippen LogP) is 4.84. The fourth-order valence-corrected chi connectivity index (χ4v) is 1.69. The van der Waals surface area contributed by atoms with E-state index in [1.54, 1.807) is 0 Å². The van der Waals surface area contributed by atoms with E-state index in [1.165, 1.54) is 6.07 Å². The second-order valence-electron chi connectivity index (χ2n) is 4.94. The van der Waals surface area contributed by atoms with E-state index in [9.17, 15) is 18.0 Å². The molecule has 3 nitrogen and oxygen atoms in total. The van der Waals surface area contributed by atoms with Gasteiger partial charge in [0.05, 0.1) is 24.3 Å². The highest BCUT2D eigenvalue weighted by Crippen LogP contribution is 2.33. The Balaban J connectivity index is 2.94. The lowest BCUT2D eigenvalue weighted by Crippen LogP contribution is -2.11. The van der Waals surface area contributed by atoms with Gasteiger partial charge in [-0.25, -0.2) is 4.79 Å². The molecule has 0 aliphatic heterocycles. The molecule has 0 radical (unpaired) electrons. The Bertz CT molecular complexity index is 484. The van der Waals surface area contributed by atoms with Crippen LogP contribution in [0.4, 0.5) is 13.2 Å². The van der Waals surface area contributed by atoms with Crippen LogP contribution in [0.3, 0.4) is 0 Å². The van der Waals surface area contributed by atoms with Gasteiger partial charge in [0.25, 0.3) is 0 Å². The van der Waals surface area contributed by atoms with Crippen LogP contribution < -0.4 is 4.74 Å². The first-order valence-electron chi connectivity index (χ1n) is 7.40. The molecule has 0 heterocycles. The van der Waals surface area contributed by atoms with Crippen molar-refractivity contribution in [2.45, 2.75) is 45.7 Å². The Morgan fingerprint density at radius 2 is 1.68 bits per heavy atom. The zero-order chi connectivity index (χ0) is 16.6. The standard InChI is InChI=1S/C16H21F3O3/c1-3-5-7-21-14-10-12(15(20)22-8-6-4-2)9-13(11-14)16(17,18)19/h9-11H,3-8H2,1-2H3. The number of carbonyl (C=O) groups is 1. The number of halogens is 3. The summed E-state index contributed by atoms with van der Waals surface area (Å²) >= 11 is 0. The van der Waals surface area contributed by atoms with Gasteiger partial charge in [0, 0.05) is 0 Å². The molecule has 6 heteroatoms. The smallest absolute Gasteiger partial charge is 0.416 e. The van der Waals surface area contributed by atoms with Crippen LogP contribution in [-0.2, 0) is 10.9 Å². The van der Waals surface area contributed by atoms with E-state index in [-0.39, 0.29) is 17.9 Å². The van der Waals surface area contributed by atoms with Crippen LogP contribution in [0, 0.1) is 0 Å². The number of esters is 1. The normalized spacial score (nSPS) is 11.3. The van der Waals surface area contributed by atoms with Gasteiger partial charge in [-0.3, -0.25) is 0 Å². The third-order valence-electron chi connectivity index (χ3n) is 2.97. The van der Waals surface area contributed by atoms with E-state index >= 15 is 0 Å². The molecular weight excluding hydrogens is 297 g/mol. The Hall–Kier alpha value is -1.72. The number of carbonyl (C=O) groups excluding carboxylic acids is 1. The van der Waals surface area contributed by atoms with Crippen LogP contribution in [0.2, 0.25) is 0 Å². The van der Waals surface area contributed by atoms with Gasteiger partial charge >= 0.3 is 12.1 Å². The third-order valence-corrected chi connectivity index (χ3v) is 2.97. The first-order valence-corrected chi connectivity index (χ1v) is 7.40. The van der Waals surface area contributed by atoms with Crippen molar-refractivity contribution in [2.24, 2.45) is 0 Å². The van der Waals surface area contributed by atoms with Gasteiger partial charge in [-0.05, 0) is 31.0 Å². The molecule has 1 rings (SSSR count). The van der Waals surface area contributed by atoms with Gasteiger partial charge in [0.15, 0.2) is 0 Å².